The Morgan fingerprint density at radius 3 is 2.11 bits per heavy atom. The van der Waals surface area contributed by atoms with Crippen molar-refractivity contribution in [1.29, 1.82) is 0 Å². The highest BCUT2D eigenvalue weighted by Gasteiger charge is 2.17. The van der Waals surface area contributed by atoms with Gasteiger partial charge in [0.15, 0.2) is 0 Å². The SMILES string of the molecule is CCC(C)c1nc(C)c(CC(C)C(=O)O)c(C)n1. The van der Waals surface area contributed by atoms with Crippen LogP contribution in [0.3, 0.4) is 0 Å². The Labute approximate surface area is 108 Å². The average Bonchev–Trinajstić information content (AvgIpc) is 2.31. The number of aryl methyl sites for hydroxylation is 2. The van der Waals surface area contributed by atoms with Crippen molar-refractivity contribution in [1.82, 2.24) is 9.97 Å². The molecule has 1 N–H and O–H groups in total. The molecule has 2 unspecified atom stereocenters. The zero-order valence-electron chi connectivity index (χ0n) is 11.8. The van der Waals surface area contributed by atoms with Gasteiger partial charge in [-0.3, -0.25) is 4.79 Å². The molecule has 0 saturated carbocycles. The molecule has 0 aliphatic carbocycles. The van der Waals surface area contributed by atoms with E-state index in [2.05, 4.69) is 23.8 Å². The maximum Gasteiger partial charge on any atom is 0.306 e. The molecule has 1 aromatic heterocycles. The Morgan fingerprint density at radius 2 is 1.72 bits per heavy atom. The van der Waals surface area contributed by atoms with Crippen LogP contribution >= 0.6 is 0 Å². The first-order chi connectivity index (χ1) is 8.36. The number of nitrogens with zero attached hydrogens (tertiary/aromatic N) is 2. The molecule has 0 amide bonds. The molecule has 1 heterocycles. The maximum absolute atomic E-state index is 10.9. The molecule has 0 radical (unpaired) electrons. The third kappa shape index (κ3) is 3.28. The summed E-state index contributed by atoms with van der Waals surface area (Å²) in [6.45, 7) is 9.80. The van der Waals surface area contributed by atoms with Crippen LogP contribution in [0, 0.1) is 19.8 Å². The Morgan fingerprint density at radius 1 is 1.22 bits per heavy atom. The van der Waals surface area contributed by atoms with Crippen LogP contribution in [0.1, 0.15) is 55.9 Å². The van der Waals surface area contributed by atoms with Gasteiger partial charge in [-0.15, -0.1) is 0 Å². The normalized spacial score (nSPS) is 14.3. The fraction of sp³-hybridized carbons (Fsp3) is 0.643. The number of rotatable bonds is 5. The van der Waals surface area contributed by atoms with Crippen molar-refractivity contribution in [2.24, 2.45) is 5.92 Å². The second-order valence-corrected chi connectivity index (χ2v) is 4.98. The molecule has 4 heteroatoms. The van der Waals surface area contributed by atoms with E-state index in [1.165, 1.54) is 0 Å². The molecule has 0 aliphatic rings. The van der Waals surface area contributed by atoms with E-state index >= 15 is 0 Å². The summed E-state index contributed by atoms with van der Waals surface area (Å²) in [5.74, 6) is 0.0211. The van der Waals surface area contributed by atoms with Crippen molar-refractivity contribution in [2.75, 3.05) is 0 Å². The zero-order chi connectivity index (χ0) is 13.9. The first kappa shape index (κ1) is 14.6. The van der Waals surface area contributed by atoms with E-state index in [-0.39, 0.29) is 0 Å². The standard InChI is InChI=1S/C14H22N2O2/c1-6-8(2)13-15-10(4)12(11(5)16-13)7-9(3)14(17)18/h8-9H,6-7H2,1-5H3,(H,17,18). The highest BCUT2D eigenvalue weighted by molar-refractivity contribution is 5.70. The lowest BCUT2D eigenvalue weighted by atomic mass is 9.98. The van der Waals surface area contributed by atoms with Crippen LogP contribution in [0.15, 0.2) is 0 Å². The van der Waals surface area contributed by atoms with Crippen molar-refractivity contribution < 1.29 is 9.90 Å². The lowest BCUT2D eigenvalue weighted by molar-refractivity contribution is -0.141. The topological polar surface area (TPSA) is 63.1 Å². The van der Waals surface area contributed by atoms with Crippen molar-refractivity contribution >= 4 is 5.97 Å². The van der Waals surface area contributed by atoms with E-state index in [4.69, 9.17) is 5.11 Å². The van der Waals surface area contributed by atoms with Gasteiger partial charge in [-0.05, 0) is 32.3 Å². The summed E-state index contributed by atoms with van der Waals surface area (Å²) in [7, 11) is 0. The number of hydrogen-bond donors (Lipinski definition) is 1. The highest BCUT2D eigenvalue weighted by atomic mass is 16.4. The molecule has 1 aromatic rings. The van der Waals surface area contributed by atoms with Crippen molar-refractivity contribution in [2.45, 2.75) is 53.4 Å². The van der Waals surface area contributed by atoms with E-state index in [1.54, 1.807) is 6.92 Å². The van der Waals surface area contributed by atoms with E-state index in [1.807, 2.05) is 13.8 Å². The summed E-state index contributed by atoms with van der Waals surface area (Å²) < 4.78 is 0. The van der Waals surface area contributed by atoms with Gasteiger partial charge in [0, 0.05) is 17.3 Å². The molecule has 0 fully saturated rings. The predicted molar refractivity (Wildman–Crippen MR) is 70.7 cm³/mol. The number of aliphatic carboxylic acids is 1. The average molecular weight is 250 g/mol. The van der Waals surface area contributed by atoms with Crippen LogP contribution in [0.4, 0.5) is 0 Å². The third-order valence-corrected chi connectivity index (χ3v) is 3.42. The molecule has 0 spiro atoms. The van der Waals surface area contributed by atoms with Crippen LogP contribution in [-0.4, -0.2) is 21.0 Å². The van der Waals surface area contributed by atoms with Crippen LogP contribution in [0.5, 0.6) is 0 Å². The Hall–Kier alpha value is -1.45. The van der Waals surface area contributed by atoms with Gasteiger partial charge in [0.2, 0.25) is 0 Å². The first-order valence-corrected chi connectivity index (χ1v) is 6.43. The minimum absolute atomic E-state index is 0.341. The molecule has 100 valence electrons. The van der Waals surface area contributed by atoms with Crippen LogP contribution < -0.4 is 0 Å². The number of carboxylic acid groups (broad SMARTS) is 1. The van der Waals surface area contributed by atoms with Crippen LogP contribution in [0.25, 0.3) is 0 Å². The van der Waals surface area contributed by atoms with Gasteiger partial charge in [-0.2, -0.15) is 0 Å². The fourth-order valence-corrected chi connectivity index (χ4v) is 1.86. The largest absolute Gasteiger partial charge is 0.481 e. The van der Waals surface area contributed by atoms with Gasteiger partial charge < -0.3 is 5.11 Å². The Bertz CT molecular complexity index is 420. The maximum atomic E-state index is 10.9. The van der Waals surface area contributed by atoms with E-state index < -0.39 is 11.9 Å². The highest BCUT2D eigenvalue weighted by Crippen LogP contribution is 2.20. The lowest BCUT2D eigenvalue weighted by Gasteiger charge is -2.15. The molecule has 0 bridgehead atoms. The minimum Gasteiger partial charge on any atom is -0.481 e. The van der Waals surface area contributed by atoms with E-state index in [0.29, 0.717) is 12.3 Å². The third-order valence-electron chi connectivity index (χ3n) is 3.42. The first-order valence-electron chi connectivity index (χ1n) is 6.43. The second kappa shape index (κ2) is 5.94. The summed E-state index contributed by atoms with van der Waals surface area (Å²) in [6, 6.07) is 0. The fourth-order valence-electron chi connectivity index (χ4n) is 1.86. The number of carboxylic acids is 1. The lowest BCUT2D eigenvalue weighted by Crippen LogP contribution is -2.16. The molecule has 0 saturated heterocycles. The molecular formula is C14H22N2O2. The number of aromatic nitrogens is 2. The summed E-state index contributed by atoms with van der Waals surface area (Å²) >= 11 is 0. The van der Waals surface area contributed by atoms with Gasteiger partial charge in [-0.1, -0.05) is 20.8 Å². The number of hydrogen-bond acceptors (Lipinski definition) is 3. The second-order valence-electron chi connectivity index (χ2n) is 4.98. The summed E-state index contributed by atoms with van der Waals surface area (Å²) in [4.78, 5) is 19.9. The molecule has 1 rings (SSSR count). The van der Waals surface area contributed by atoms with E-state index in [9.17, 15) is 4.79 Å². The van der Waals surface area contributed by atoms with Crippen molar-refractivity contribution in [3.63, 3.8) is 0 Å². The summed E-state index contributed by atoms with van der Waals surface area (Å²) in [6.07, 6.45) is 1.50. The summed E-state index contributed by atoms with van der Waals surface area (Å²) in [5.41, 5.74) is 2.79. The molecule has 0 aliphatic heterocycles. The molecular weight excluding hydrogens is 228 g/mol. The molecule has 2 atom stereocenters. The van der Waals surface area contributed by atoms with Crippen LogP contribution in [0.2, 0.25) is 0 Å². The van der Waals surface area contributed by atoms with Crippen molar-refractivity contribution in [3.8, 4) is 0 Å². The minimum atomic E-state index is -0.778. The monoisotopic (exact) mass is 250 g/mol. The number of carbonyl (C=O) groups is 1. The smallest absolute Gasteiger partial charge is 0.306 e. The molecule has 0 aromatic carbocycles. The zero-order valence-corrected chi connectivity index (χ0v) is 11.8. The van der Waals surface area contributed by atoms with Gasteiger partial charge in [-0.25, -0.2) is 9.97 Å². The summed E-state index contributed by atoms with van der Waals surface area (Å²) in [5, 5.41) is 8.97. The van der Waals surface area contributed by atoms with Gasteiger partial charge in [0.05, 0.1) is 5.92 Å². The predicted octanol–water partition coefficient (Wildman–Crippen LogP) is 2.87. The molecule has 4 nitrogen and oxygen atoms in total. The van der Waals surface area contributed by atoms with Gasteiger partial charge >= 0.3 is 5.97 Å². The molecule has 18 heavy (non-hydrogen) atoms. The van der Waals surface area contributed by atoms with Gasteiger partial charge in [0.1, 0.15) is 5.82 Å². The van der Waals surface area contributed by atoms with E-state index in [0.717, 1.165) is 29.2 Å². The Balaban J connectivity index is 3.05. The van der Waals surface area contributed by atoms with Crippen molar-refractivity contribution in [3.05, 3.63) is 22.8 Å². The van der Waals surface area contributed by atoms with Crippen LogP contribution in [-0.2, 0) is 11.2 Å². The van der Waals surface area contributed by atoms with Gasteiger partial charge in [0.25, 0.3) is 0 Å². The Kier molecular flexibility index (Phi) is 4.82. The quantitative estimate of drug-likeness (QED) is 0.872.